The van der Waals surface area contributed by atoms with Crippen LogP contribution in [0.1, 0.15) is 61.4 Å². The summed E-state index contributed by atoms with van der Waals surface area (Å²) in [7, 11) is 0. The molecule has 1 saturated carbocycles. The van der Waals surface area contributed by atoms with Crippen LogP contribution in [-0.4, -0.2) is 67.7 Å². The van der Waals surface area contributed by atoms with Crippen molar-refractivity contribution in [3.63, 3.8) is 0 Å². The summed E-state index contributed by atoms with van der Waals surface area (Å²) in [5.74, 6) is 1.10. The lowest BCUT2D eigenvalue weighted by atomic mass is 9.84. The summed E-state index contributed by atoms with van der Waals surface area (Å²) in [5, 5.41) is 19.4. The van der Waals surface area contributed by atoms with Crippen molar-refractivity contribution in [1.29, 1.82) is 0 Å². The zero-order chi connectivity index (χ0) is 23.4. The predicted octanol–water partition coefficient (Wildman–Crippen LogP) is 3.85. The van der Waals surface area contributed by atoms with Gasteiger partial charge in [-0.2, -0.15) is 5.10 Å². The van der Waals surface area contributed by atoms with Gasteiger partial charge in [-0.05, 0) is 88.7 Å². The fourth-order valence-electron chi connectivity index (χ4n) is 5.72. The van der Waals surface area contributed by atoms with Gasteiger partial charge >= 0.3 is 0 Å². The molecule has 34 heavy (non-hydrogen) atoms. The van der Waals surface area contributed by atoms with E-state index in [1.807, 2.05) is 12.4 Å². The van der Waals surface area contributed by atoms with Gasteiger partial charge in [0.15, 0.2) is 0 Å². The molecule has 2 atom stereocenters. The molecule has 0 amide bonds. The quantitative estimate of drug-likeness (QED) is 0.595. The van der Waals surface area contributed by atoms with Crippen LogP contribution in [0.3, 0.4) is 0 Å². The highest BCUT2D eigenvalue weighted by molar-refractivity contribution is 5.81. The maximum Gasteiger partial charge on any atom is 0.227 e. The van der Waals surface area contributed by atoms with Crippen LogP contribution in [0.5, 0.6) is 0 Å². The maximum absolute atomic E-state index is 10.4. The number of aliphatic hydroxyl groups excluding tert-OH is 1. The first kappa shape index (κ1) is 21.9. The predicted molar refractivity (Wildman–Crippen MR) is 132 cm³/mol. The minimum atomic E-state index is -0.408. The summed E-state index contributed by atoms with van der Waals surface area (Å²) >= 11 is 0. The highest BCUT2D eigenvalue weighted by Crippen LogP contribution is 2.38. The number of aryl methyl sites for hydroxylation is 1. The normalized spacial score (nSPS) is 26.4. The van der Waals surface area contributed by atoms with Crippen molar-refractivity contribution in [2.45, 2.75) is 70.1 Å². The second kappa shape index (κ2) is 8.29. The Hall–Kier alpha value is -2.55. The monoisotopic (exact) mass is 462 g/mol. The van der Waals surface area contributed by atoms with Crippen LogP contribution in [0, 0.1) is 13.8 Å². The summed E-state index contributed by atoms with van der Waals surface area (Å²) in [6.07, 6.45) is 7.95. The summed E-state index contributed by atoms with van der Waals surface area (Å²) in [6, 6.07) is 5.03. The van der Waals surface area contributed by atoms with Gasteiger partial charge in [-0.25, -0.2) is 9.97 Å². The number of nitrogens with one attached hydrogen (secondary N) is 1. The van der Waals surface area contributed by atoms with Crippen LogP contribution in [0.4, 0.5) is 11.6 Å². The third-order valence-corrected chi connectivity index (χ3v) is 8.20. The molecule has 180 valence electrons. The van der Waals surface area contributed by atoms with E-state index in [9.17, 15) is 5.11 Å². The first-order valence-electron chi connectivity index (χ1n) is 12.5. The molecule has 2 aromatic heterocycles. The average Bonchev–Trinajstić information content (AvgIpc) is 3.54. The van der Waals surface area contributed by atoms with Crippen molar-refractivity contribution < 1.29 is 9.84 Å². The molecule has 1 unspecified atom stereocenters. The molecule has 0 bridgehead atoms. The number of piperidine rings is 1. The van der Waals surface area contributed by atoms with Crippen molar-refractivity contribution in [3.05, 3.63) is 41.3 Å². The van der Waals surface area contributed by atoms with Crippen molar-refractivity contribution in [2.75, 3.05) is 31.6 Å². The third-order valence-electron chi connectivity index (χ3n) is 8.20. The van der Waals surface area contributed by atoms with Crippen LogP contribution in [-0.2, 0) is 4.74 Å². The van der Waals surface area contributed by atoms with E-state index in [0.29, 0.717) is 31.1 Å². The van der Waals surface area contributed by atoms with Crippen molar-refractivity contribution in [2.24, 2.45) is 0 Å². The van der Waals surface area contributed by atoms with Crippen molar-refractivity contribution in [1.82, 2.24) is 24.6 Å². The zero-order valence-corrected chi connectivity index (χ0v) is 20.3. The first-order valence-corrected chi connectivity index (χ1v) is 12.5. The molecule has 8 heteroatoms. The van der Waals surface area contributed by atoms with Crippen LogP contribution in [0.2, 0.25) is 0 Å². The highest BCUT2D eigenvalue weighted by atomic mass is 16.5. The molecule has 8 nitrogen and oxygen atoms in total. The fourth-order valence-corrected chi connectivity index (χ4v) is 5.72. The largest absolute Gasteiger partial charge is 0.389 e. The molecule has 1 aromatic carbocycles. The number of anilines is 2. The summed E-state index contributed by atoms with van der Waals surface area (Å²) in [6.45, 7) is 9.42. The van der Waals surface area contributed by atoms with Gasteiger partial charge in [0.05, 0.1) is 54.0 Å². The molecule has 2 saturated heterocycles. The van der Waals surface area contributed by atoms with E-state index in [1.54, 1.807) is 0 Å². The van der Waals surface area contributed by atoms with E-state index in [4.69, 9.17) is 9.72 Å². The topological polar surface area (TPSA) is 88.3 Å². The number of hydrogen-bond acceptors (Lipinski definition) is 7. The van der Waals surface area contributed by atoms with E-state index < -0.39 is 6.10 Å². The standard InChI is InChI=1S/C26H34N6O2/c1-16-10-19-12-27-25(30-23-13-28-32(17(23)2)20-4-5-20)29-22(19)11-21(16)18-6-8-31(9-7-18)26(3)15-34-14-24(26)33/h10-13,18,20,24,33H,4-9,14-15H2,1-3H3,(H,27,29,30)/t24-,26?/m1/s1. The number of benzene rings is 1. The Morgan fingerprint density at radius 1 is 1.12 bits per heavy atom. The number of fused-ring (bicyclic) bond motifs is 1. The van der Waals surface area contributed by atoms with E-state index in [1.165, 1.54) is 24.0 Å². The lowest BCUT2D eigenvalue weighted by molar-refractivity contribution is -0.00214. The minimum absolute atomic E-state index is 0.261. The third kappa shape index (κ3) is 3.78. The average molecular weight is 463 g/mol. The molecule has 2 aliphatic heterocycles. The number of hydrogen-bond donors (Lipinski definition) is 2. The summed E-state index contributed by atoms with van der Waals surface area (Å²) in [4.78, 5) is 11.8. The Labute approximate surface area is 200 Å². The molecule has 3 fully saturated rings. The van der Waals surface area contributed by atoms with E-state index in [2.05, 4.69) is 57.9 Å². The Morgan fingerprint density at radius 3 is 2.62 bits per heavy atom. The molecule has 2 N–H and O–H groups in total. The Bertz CT molecular complexity index is 1210. The molecule has 0 radical (unpaired) electrons. The van der Waals surface area contributed by atoms with Crippen molar-refractivity contribution in [3.8, 4) is 0 Å². The lowest BCUT2D eigenvalue weighted by Crippen LogP contribution is -2.56. The Morgan fingerprint density at radius 2 is 1.91 bits per heavy atom. The van der Waals surface area contributed by atoms with Crippen LogP contribution >= 0.6 is 0 Å². The van der Waals surface area contributed by atoms with Gasteiger partial charge in [-0.3, -0.25) is 9.58 Å². The van der Waals surface area contributed by atoms with Gasteiger partial charge < -0.3 is 15.2 Å². The summed E-state index contributed by atoms with van der Waals surface area (Å²) < 4.78 is 7.67. The molecular formula is C26H34N6O2. The fraction of sp³-hybridized carbons (Fsp3) is 0.577. The molecule has 4 heterocycles. The van der Waals surface area contributed by atoms with Crippen LogP contribution in [0.25, 0.3) is 10.9 Å². The van der Waals surface area contributed by atoms with Crippen LogP contribution < -0.4 is 5.32 Å². The number of rotatable bonds is 5. The number of aliphatic hydroxyl groups is 1. The maximum atomic E-state index is 10.4. The number of nitrogens with zero attached hydrogens (tertiary/aromatic N) is 5. The zero-order valence-electron chi connectivity index (χ0n) is 20.3. The number of aromatic nitrogens is 4. The highest BCUT2D eigenvalue weighted by Gasteiger charge is 2.45. The first-order chi connectivity index (χ1) is 16.4. The molecular weight excluding hydrogens is 428 g/mol. The van der Waals surface area contributed by atoms with Gasteiger partial charge in [-0.15, -0.1) is 0 Å². The van der Waals surface area contributed by atoms with Crippen molar-refractivity contribution >= 4 is 22.5 Å². The molecule has 3 aromatic rings. The van der Waals surface area contributed by atoms with Crippen LogP contribution in [0.15, 0.2) is 24.5 Å². The Kier molecular flexibility index (Phi) is 5.35. The van der Waals surface area contributed by atoms with E-state index >= 15 is 0 Å². The molecule has 3 aliphatic rings. The molecule has 6 rings (SSSR count). The van der Waals surface area contributed by atoms with E-state index in [0.717, 1.165) is 48.2 Å². The minimum Gasteiger partial charge on any atom is -0.389 e. The molecule has 0 spiro atoms. The lowest BCUT2D eigenvalue weighted by Gasteiger charge is -2.43. The summed E-state index contributed by atoms with van der Waals surface area (Å²) in [5.41, 5.74) is 5.49. The number of likely N-dealkylation sites (tertiary alicyclic amines) is 1. The van der Waals surface area contributed by atoms with Gasteiger partial charge in [0, 0.05) is 11.6 Å². The van der Waals surface area contributed by atoms with E-state index in [-0.39, 0.29) is 5.54 Å². The Balaban J connectivity index is 1.21. The smallest absolute Gasteiger partial charge is 0.227 e. The van der Waals surface area contributed by atoms with Gasteiger partial charge in [0.1, 0.15) is 0 Å². The second-order valence-electron chi connectivity index (χ2n) is 10.6. The van der Waals surface area contributed by atoms with Gasteiger partial charge in [0.2, 0.25) is 5.95 Å². The number of ether oxygens (including phenoxy) is 1. The van der Waals surface area contributed by atoms with Gasteiger partial charge in [0.25, 0.3) is 0 Å². The second-order valence-corrected chi connectivity index (χ2v) is 10.6. The SMILES string of the molecule is Cc1cc2cnc(Nc3cnn(C4CC4)c3C)nc2cc1C1CCN(C2(C)COC[C@H]2O)CC1. The molecule has 1 aliphatic carbocycles. The van der Waals surface area contributed by atoms with Gasteiger partial charge in [-0.1, -0.05) is 0 Å².